The van der Waals surface area contributed by atoms with Crippen LogP contribution in [0.2, 0.25) is 0 Å². The van der Waals surface area contributed by atoms with Gasteiger partial charge in [0.2, 0.25) is 0 Å². The Labute approximate surface area is 50.2 Å². The largest absolute Gasteiger partial charge is 0.373 e. The summed E-state index contributed by atoms with van der Waals surface area (Å²) < 4.78 is 5.09. The summed E-state index contributed by atoms with van der Waals surface area (Å²) in [6.45, 7) is 5.85. The summed E-state index contributed by atoms with van der Waals surface area (Å²) >= 11 is 0. The van der Waals surface area contributed by atoms with E-state index in [0.717, 1.165) is 19.6 Å². The van der Waals surface area contributed by atoms with Gasteiger partial charge in [-0.15, -0.1) is 0 Å². The number of hydrogen-bond acceptors (Lipinski definition) is 2. The van der Waals surface area contributed by atoms with Crippen LogP contribution in [0.5, 0.6) is 0 Å². The van der Waals surface area contributed by atoms with Crippen molar-refractivity contribution >= 4 is 0 Å². The normalized spacial score (nSPS) is 30.4. The zero-order valence-electron chi connectivity index (χ0n) is 5.18. The molecule has 0 aliphatic carbocycles. The van der Waals surface area contributed by atoms with Crippen molar-refractivity contribution in [2.24, 2.45) is 0 Å². The van der Waals surface area contributed by atoms with Crippen LogP contribution in [0.25, 0.3) is 0 Å². The predicted octanol–water partition coefficient (Wildman–Crippen LogP) is 0.547. The van der Waals surface area contributed by atoms with Crippen molar-refractivity contribution in [2.45, 2.75) is 19.4 Å². The number of morpholine rings is 1. The van der Waals surface area contributed by atoms with Crippen molar-refractivity contribution < 1.29 is 4.74 Å². The first-order chi connectivity index (χ1) is 3.93. The fourth-order valence-corrected chi connectivity index (χ4v) is 0.776. The van der Waals surface area contributed by atoms with E-state index in [4.69, 9.17) is 4.74 Å². The summed E-state index contributed by atoms with van der Waals surface area (Å²) in [5, 5.41) is 3.29. The van der Waals surface area contributed by atoms with Gasteiger partial charge < -0.3 is 10.1 Å². The second-order valence-corrected chi connectivity index (χ2v) is 1.98. The molecule has 2 heteroatoms. The van der Waals surface area contributed by atoms with Gasteiger partial charge in [-0.25, -0.2) is 0 Å². The lowest BCUT2D eigenvalue weighted by Gasteiger charge is -2.21. The summed E-state index contributed by atoms with van der Waals surface area (Å²) in [7, 11) is 0. The SMILES string of the molecule is CCC1[CH]OCCN1. The second-order valence-electron chi connectivity index (χ2n) is 1.98. The second kappa shape index (κ2) is 3.05. The van der Waals surface area contributed by atoms with Crippen molar-refractivity contribution in [3.63, 3.8) is 0 Å². The molecule has 1 N–H and O–H groups in total. The molecule has 0 aromatic carbocycles. The number of ether oxygens (including phenoxy) is 1. The Morgan fingerprint density at radius 1 is 1.88 bits per heavy atom. The van der Waals surface area contributed by atoms with E-state index in [1.807, 2.05) is 6.61 Å². The van der Waals surface area contributed by atoms with Crippen LogP contribution in [-0.4, -0.2) is 19.2 Å². The van der Waals surface area contributed by atoms with Gasteiger partial charge in [0, 0.05) is 12.6 Å². The Kier molecular flexibility index (Phi) is 2.30. The maximum Gasteiger partial charge on any atom is 0.100 e. The maximum atomic E-state index is 5.09. The Bertz CT molecular complexity index is 59.5. The van der Waals surface area contributed by atoms with Crippen LogP contribution in [0.3, 0.4) is 0 Å². The van der Waals surface area contributed by atoms with Gasteiger partial charge in [-0.3, -0.25) is 0 Å². The van der Waals surface area contributed by atoms with Gasteiger partial charge >= 0.3 is 0 Å². The highest BCUT2D eigenvalue weighted by atomic mass is 16.5. The first kappa shape index (κ1) is 6.05. The van der Waals surface area contributed by atoms with Gasteiger partial charge in [0.05, 0.1) is 6.61 Å². The average molecular weight is 114 g/mol. The van der Waals surface area contributed by atoms with E-state index in [2.05, 4.69) is 12.2 Å². The van der Waals surface area contributed by atoms with Gasteiger partial charge in [-0.2, -0.15) is 0 Å². The minimum Gasteiger partial charge on any atom is -0.373 e. The fourth-order valence-electron chi connectivity index (χ4n) is 0.776. The first-order valence-electron chi connectivity index (χ1n) is 3.12. The smallest absolute Gasteiger partial charge is 0.100 e. The highest BCUT2D eigenvalue weighted by Crippen LogP contribution is 2.00. The minimum atomic E-state index is 0.490. The third-order valence-corrected chi connectivity index (χ3v) is 1.33. The van der Waals surface area contributed by atoms with Crippen LogP contribution in [-0.2, 0) is 4.74 Å². The molecule has 0 aromatic rings. The van der Waals surface area contributed by atoms with Crippen LogP contribution in [0.15, 0.2) is 0 Å². The van der Waals surface area contributed by atoms with Crippen molar-refractivity contribution in [1.82, 2.24) is 5.32 Å². The molecule has 1 saturated heterocycles. The average Bonchev–Trinajstić information content (AvgIpc) is 1.90. The molecule has 0 bridgehead atoms. The van der Waals surface area contributed by atoms with Gasteiger partial charge in [-0.05, 0) is 6.42 Å². The molecule has 1 fully saturated rings. The van der Waals surface area contributed by atoms with Crippen molar-refractivity contribution in [3.8, 4) is 0 Å². The highest BCUT2D eigenvalue weighted by Gasteiger charge is 2.09. The maximum absolute atomic E-state index is 5.09. The van der Waals surface area contributed by atoms with E-state index >= 15 is 0 Å². The van der Waals surface area contributed by atoms with Crippen LogP contribution in [0, 0.1) is 6.61 Å². The summed E-state index contributed by atoms with van der Waals surface area (Å²) in [6.07, 6.45) is 1.12. The zero-order chi connectivity index (χ0) is 5.82. The van der Waals surface area contributed by atoms with E-state index in [1.54, 1.807) is 0 Å². The molecule has 1 aliphatic heterocycles. The molecule has 0 saturated carbocycles. The highest BCUT2D eigenvalue weighted by molar-refractivity contribution is 4.76. The molecule has 1 rings (SSSR count). The topological polar surface area (TPSA) is 21.3 Å². The summed E-state index contributed by atoms with van der Waals surface area (Å²) in [5.41, 5.74) is 0. The molecule has 1 radical (unpaired) electrons. The molecule has 8 heavy (non-hydrogen) atoms. The van der Waals surface area contributed by atoms with Crippen molar-refractivity contribution in [2.75, 3.05) is 13.2 Å². The number of nitrogens with one attached hydrogen (secondary N) is 1. The molecule has 1 atom stereocenters. The molecule has 0 amide bonds. The van der Waals surface area contributed by atoms with E-state index in [-0.39, 0.29) is 0 Å². The van der Waals surface area contributed by atoms with E-state index in [1.165, 1.54) is 0 Å². The number of hydrogen-bond donors (Lipinski definition) is 1. The molecule has 1 heterocycles. The van der Waals surface area contributed by atoms with Crippen LogP contribution in [0.4, 0.5) is 0 Å². The van der Waals surface area contributed by atoms with E-state index in [0.29, 0.717) is 6.04 Å². The zero-order valence-corrected chi connectivity index (χ0v) is 5.18. The standard InChI is InChI=1S/C6H12NO/c1-2-6-5-8-4-3-7-6/h5-7H,2-4H2,1H3. The molecular formula is C6H12NO. The Balaban J connectivity index is 2.13. The van der Waals surface area contributed by atoms with Crippen LogP contribution in [0.1, 0.15) is 13.3 Å². The monoisotopic (exact) mass is 114 g/mol. The molecule has 1 unspecified atom stereocenters. The van der Waals surface area contributed by atoms with Gasteiger partial charge in [-0.1, -0.05) is 6.92 Å². The molecule has 2 nitrogen and oxygen atoms in total. The molecular weight excluding hydrogens is 102 g/mol. The van der Waals surface area contributed by atoms with Crippen LogP contribution >= 0.6 is 0 Å². The van der Waals surface area contributed by atoms with Crippen molar-refractivity contribution in [3.05, 3.63) is 6.61 Å². The molecule has 0 aromatic heterocycles. The Morgan fingerprint density at radius 2 is 2.75 bits per heavy atom. The van der Waals surface area contributed by atoms with Crippen molar-refractivity contribution in [1.29, 1.82) is 0 Å². The number of rotatable bonds is 1. The molecule has 0 spiro atoms. The summed E-state index contributed by atoms with van der Waals surface area (Å²) in [6, 6.07) is 0.490. The third-order valence-electron chi connectivity index (χ3n) is 1.33. The minimum absolute atomic E-state index is 0.490. The molecule has 1 aliphatic rings. The first-order valence-corrected chi connectivity index (χ1v) is 3.12. The lowest BCUT2D eigenvalue weighted by atomic mass is 10.2. The Hall–Kier alpha value is -0.0800. The van der Waals surface area contributed by atoms with E-state index < -0.39 is 0 Å². The third kappa shape index (κ3) is 1.46. The summed E-state index contributed by atoms with van der Waals surface area (Å²) in [4.78, 5) is 0. The van der Waals surface area contributed by atoms with Gasteiger partial charge in [0.1, 0.15) is 6.61 Å². The molecule has 47 valence electrons. The lowest BCUT2D eigenvalue weighted by Crippen LogP contribution is -2.37. The quantitative estimate of drug-likeness (QED) is 0.537. The fraction of sp³-hybridized carbons (Fsp3) is 0.833. The lowest BCUT2D eigenvalue weighted by molar-refractivity contribution is 0.136. The predicted molar refractivity (Wildman–Crippen MR) is 32.3 cm³/mol. The summed E-state index contributed by atoms with van der Waals surface area (Å²) in [5.74, 6) is 0. The van der Waals surface area contributed by atoms with Gasteiger partial charge in [0.15, 0.2) is 0 Å². The van der Waals surface area contributed by atoms with Gasteiger partial charge in [0.25, 0.3) is 0 Å². The van der Waals surface area contributed by atoms with E-state index in [9.17, 15) is 0 Å². The van der Waals surface area contributed by atoms with Crippen LogP contribution < -0.4 is 5.32 Å². The Morgan fingerprint density at radius 3 is 3.12 bits per heavy atom.